The first-order valence-corrected chi connectivity index (χ1v) is 3.91. The highest BCUT2D eigenvalue weighted by Crippen LogP contribution is 2.17. The SMILES string of the molecule is C=CC1=C(C)CC=C(C)C=C1. The third kappa shape index (κ3) is 1.94. The monoisotopic (exact) mass is 146 g/mol. The predicted molar refractivity (Wildman–Crippen MR) is 50.4 cm³/mol. The molecule has 1 aliphatic carbocycles. The summed E-state index contributed by atoms with van der Waals surface area (Å²) in [4.78, 5) is 0. The maximum Gasteiger partial charge on any atom is -0.0127 e. The minimum atomic E-state index is 1.06. The van der Waals surface area contributed by atoms with E-state index in [0.717, 1.165) is 6.42 Å². The Morgan fingerprint density at radius 3 is 2.73 bits per heavy atom. The lowest BCUT2D eigenvalue weighted by atomic mass is 10.1. The lowest BCUT2D eigenvalue weighted by Crippen LogP contribution is -1.77. The summed E-state index contributed by atoms with van der Waals surface area (Å²) in [5.41, 5.74) is 3.99. The van der Waals surface area contributed by atoms with Crippen LogP contribution in [0.5, 0.6) is 0 Å². The van der Waals surface area contributed by atoms with Crippen LogP contribution >= 0.6 is 0 Å². The van der Waals surface area contributed by atoms with E-state index >= 15 is 0 Å². The zero-order valence-electron chi connectivity index (χ0n) is 7.22. The van der Waals surface area contributed by atoms with Crippen LogP contribution in [-0.2, 0) is 0 Å². The van der Waals surface area contributed by atoms with Crippen molar-refractivity contribution < 1.29 is 0 Å². The van der Waals surface area contributed by atoms with Gasteiger partial charge in [-0.05, 0) is 25.8 Å². The molecule has 0 saturated heterocycles. The minimum absolute atomic E-state index is 1.06. The summed E-state index contributed by atoms with van der Waals surface area (Å²) < 4.78 is 0. The summed E-state index contributed by atoms with van der Waals surface area (Å²) in [5, 5.41) is 0. The average molecular weight is 146 g/mol. The maximum absolute atomic E-state index is 3.77. The molecular weight excluding hydrogens is 132 g/mol. The summed E-state index contributed by atoms with van der Waals surface area (Å²) >= 11 is 0. The van der Waals surface area contributed by atoms with E-state index in [4.69, 9.17) is 0 Å². The van der Waals surface area contributed by atoms with Gasteiger partial charge in [0.1, 0.15) is 0 Å². The molecule has 1 aliphatic rings. The first-order valence-electron chi connectivity index (χ1n) is 3.91. The van der Waals surface area contributed by atoms with Crippen molar-refractivity contribution in [3.8, 4) is 0 Å². The molecule has 0 amide bonds. The molecule has 0 N–H and O–H groups in total. The van der Waals surface area contributed by atoms with Gasteiger partial charge in [0, 0.05) is 0 Å². The maximum atomic E-state index is 3.77. The number of rotatable bonds is 1. The molecule has 11 heavy (non-hydrogen) atoms. The number of allylic oxidation sites excluding steroid dienone is 7. The number of hydrogen-bond acceptors (Lipinski definition) is 0. The fourth-order valence-electron chi connectivity index (χ4n) is 1.11. The van der Waals surface area contributed by atoms with Crippen LogP contribution in [0.2, 0.25) is 0 Å². The molecule has 0 heterocycles. The average Bonchev–Trinajstić information content (AvgIpc) is 2.15. The van der Waals surface area contributed by atoms with Crippen LogP contribution in [-0.4, -0.2) is 0 Å². The van der Waals surface area contributed by atoms with Crippen molar-refractivity contribution in [1.82, 2.24) is 0 Å². The topological polar surface area (TPSA) is 0 Å². The fourth-order valence-corrected chi connectivity index (χ4v) is 1.11. The summed E-state index contributed by atoms with van der Waals surface area (Å²) in [6, 6.07) is 0. The molecule has 0 aromatic rings. The molecule has 0 bridgehead atoms. The first-order chi connectivity index (χ1) is 5.24. The van der Waals surface area contributed by atoms with Crippen molar-refractivity contribution in [1.29, 1.82) is 0 Å². The molecule has 0 atom stereocenters. The summed E-state index contributed by atoms with van der Waals surface area (Å²) in [6.45, 7) is 8.04. The van der Waals surface area contributed by atoms with Gasteiger partial charge in [0.25, 0.3) is 0 Å². The third-order valence-corrected chi connectivity index (χ3v) is 1.97. The van der Waals surface area contributed by atoms with E-state index in [0.29, 0.717) is 0 Å². The molecule has 0 radical (unpaired) electrons. The van der Waals surface area contributed by atoms with Crippen LogP contribution in [0.4, 0.5) is 0 Å². The van der Waals surface area contributed by atoms with Crippen LogP contribution in [0.3, 0.4) is 0 Å². The smallest absolute Gasteiger partial charge is 0.0127 e. The molecule has 58 valence electrons. The Morgan fingerprint density at radius 1 is 1.36 bits per heavy atom. The summed E-state index contributed by atoms with van der Waals surface area (Å²) in [6.07, 6.45) is 9.47. The Labute approximate surface area is 68.6 Å². The highest BCUT2D eigenvalue weighted by molar-refractivity contribution is 5.40. The van der Waals surface area contributed by atoms with Crippen LogP contribution in [0.15, 0.2) is 47.6 Å². The highest BCUT2D eigenvalue weighted by Gasteiger charge is 1.97. The number of hydrogen-bond donors (Lipinski definition) is 0. The largest absolute Gasteiger partial charge is 0.0985 e. The first kappa shape index (κ1) is 8.06. The molecule has 0 saturated carbocycles. The van der Waals surface area contributed by atoms with Gasteiger partial charge in [-0.1, -0.05) is 42.0 Å². The van der Waals surface area contributed by atoms with Gasteiger partial charge in [-0.25, -0.2) is 0 Å². The quantitative estimate of drug-likeness (QED) is 0.532. The van der Waals surface area contributed by atoms with Gasteiger partial charge >= 0.3 is 0 Å². The Morgan fingerprint density at radius 2 is 2.09 bits per heavy atom. The molecule has 0 unspecified atom stereocenters. The molecule has 1 rings (SSSR count). The van der Waals surface area contributed by atoms with Crippen molar-refractivity contribution in [3.05, 3.63) is 47.6 Å². The van der Waals surface area contributed by atoms with Crippen molar-refractivity contribution in [2.24, 2.45) is 0 Å². The highest BCUT2D eigenvalue weighted by atomic mass is 14.0. The molecule has 0 aromatic heterocycles. The lowest BCUT2D eigenvalue weighted by Gasteiger charge is -1.97. The van der Waals surface area contributed by atoms with Gasteiger partial charge < -0.3 is 0 Å². The zero-order chi connectivity index (χ0) is 8.27. The Hall–Kier alpha value is -1.04. The van der Waals surface area contributed by atoms with Gasteiger partial charge in [0.15, 0.2) is 0 Å². The van der Waals surface area contributed by atoms with Gasteiger partial charge in [0.05, 0.1) is 0 Å². The normalized spacial score (nSPS) is 17.8. The zero-order valence-corrected chi connectivity index (χ0v) is 7.22. The van der Waals surface area contributed by atoms with Crippen LogP contribution in [0.25, 0.3) is 0 Å². The molecule has 0 aliphatic heterocycles. The van der Waals surface area contributed by atoms with Crippen molar-refractivity contribution >= 4 is 0 Å². The predicted octanol–water partition coefficient (Wildman–Crippen LogP) is 3.40. The summed E-state index contributed by atoms with van der Waals surface area (Å²) in [5.74, 6) is 0. The standard InChI is InChI=1S/C11H14/c1-4-11-8-6-9(2)5-7-10(11)3/h4-6,8H,1,7H2,2-3H3. The van der Waals surface area contributed by atoms with Gasteiger partial charge in [0.2, 0.25) is 0 Å². The molecule has 0 nitrogen and oxygen atoms in total. The van der Waals surface area contributed by atoms with Crippen LogP contribution < -0.4 is 0 Å². The second-order valence-electron chi connectivity index (χ2n) is 2.93. The van der Waals surface area contributed by atoms with Crippen LogP contribution in [0, 0.1) is 0 Å². The molecular formula is C11H14. The molecule has 0 aromatic carbocycles. The minimum Gasteiger partial charge on any atom is -0.0985 e. The lowest BCUT2D eigenvalue weighted by molar-refractivity contribution is 1.18. The second kappa shape index (κ2) is 3.38. The van der Waals surface area contributed by atoms with E-state index in [1.54, 1.807) is 0 Å². The van der Waals surface area contributed by atoms with E-state index in [1.807, 2.05) is 6.08 Å². The molecule has 0 spiro atoms. The Bertz CT molecular complexity index is 249. The summed E-state index contributed by atoms with van der Waals surface area (Å²) in [7, 11) is 0. The Kier molecular flexibility index (Phi) is 2.48. The second-order valence-corrected chi connectivity index (χ2v) is 2.93. The van der Waals surface area contributed by atoms with E-state index in [9.17, 15) is 0 Å². The van der Waals surface area contributed by atoms with E-state index < -0.39 is 0 Å². The van der Waals surface area contributed by atoms with Gasteiger partial charge in [-0.2, -0.15) is 0 Å². The fraction of sp³-hybridized carbons (Fsp3) is 0.273. The van der Waals surface area contributed by atoms with Gasteiger partial charge in [-0.15, -0.1) is 0 Å². The van der Waals surface area contributed by atoms with E-state index in [2.05, 4.69) is 38.7 Å². The van der Waals surface area contributed by atoms with E-state index in [1.165, 1.54) is 16.7 Å². The Balaban J connectivity index is 2.95. The van der Waals surface area contributed by atoms with Crippen molar-refractivity contribution in [3.63, 3.8) is 0 Å². The van der Waals surface area contributed by atoms with Crippen LogP contribution in [0.1, 0.15) is 20.3 Å². The van der Waals surface area contributed by atoms with Crippen molar-refractivity contribution in [2.45, 2.75) is 20.3 Å². The molecule has 0 fully saturated rings. The van der Waals surface area contributed by atoms with E-state index in [-0.39, 0.29) is 0 Å². The van der Waals surface area contributed by atoms with Gasteiger partial charge in [-0.3, -0.25) is 0 Å². The van der Waals surface area contributed by atoms with Crippen molar-refractivity contribution in [2.75, 3.05) is 0 Å². The third-order valence-electron chi connectivity index (χ3n) is 1.97. The molecule has 0 heteroatoms.